The molecule has 12 heteroatoms. The first-order valence-corrected chi connectivity index (χ1v) is 26.8. The molecule has 6 nitrogen and oxygen atoms in total. The van der Waals surface area contributed by atoms with Crippen LogP contribution in [0, 0.1) is 55.4 Å². The molecule has 0 aliphatic carbocycles. The van der Waals surface area contributed by atoms with E-state index in [4.69, 9.17) is 70.3 Å². The van der Waals surface area contributed by atoms with Crippen LogP contribution in [-0.4, -0.2) is 32.8 Å². The molecule has 4 aromatic carbocycles. The summed E-state index contributed by atoms with van der Waals surface area (Å²) in [7, 11) is 19.1. The first-order chi connectivity index (χ1) is 30.5. The van der Waals surface area contributed by atoms with E-state index in [-0.39, 0.29) is 26.3 Å². The second-order valence-electron chi connectivity index (χ2n) is 15.9. The predicted molar refractivity (Wildman–Crippen MR) is 270 cm³/mol. The number of pyridine rings is 2. The van der Waals surface area contributed by atoms with Gasteiger partial charge in [-0.2, -0.15) is 0 Å². The van der Waals surface area contributed by atoms with Crippen molar-refractivity contribution in [1.82, 2.24) is 9.97 Å². The Bertz CT molecular complexity index is 2480. The van der Waals surface area contributed by atoms with Crippen molar-refractivity contribution >= 4 is 86.0 Å². The van der Waals surface area contributed by atoms with Crippen molar-refractivity contribution in [1.29, 1.82) is 0 Å². The SMILES string of the molecule is CC(=Nc1ccc(CCc2ccc(N=C(C)c3cccc(C(C)=Nc4c(C)cc(C)cc4C)n3)cc2C)c(C)c1)c1cccc(C(C)=Nc2c(C)cc(C)cc2C)n1.[Cl][Fe][Cl].[Cl][Fe][Cl]. The molecule has 0 fully saturated rings. The Labute approximate surface area is 410 Å². The summed E-state index contributed by atoms with van der Waals surface area (Å²) in [5.41, 5.74) is 23.1. The summed E-state index contributed by atoms with van der Waals surface area (Å²) in [5, 5.41) is 0. The maximum absolute atomic E-state index is 4.97. The van der Waals surface area contributed by atoms with Gasteiger partial charge in [-0.3, -0.25) is 20.0 Å². The van der Waals surface area contributed by atoms with E-state index in [1.807, 2.05) is 64.1 Å². The number of rotatable bonds is 11. The van der Waals surface area contributed by atoms with Crippen molar-refractivity contribution in [3.8, 4) is 0 Å². The van der Waals surface area contributed by atoms with E-state index in [2.05, 4.69) is 116 Å². The van der Waals surface area contributed by atoms with Crippen LogP contribution < -0.4 is 0 Å². The van der Waals surface area contributed by atoms with Crippen LogP contribution >= 0.6 is 40.4 Å². The zero-order valence-electron chi connectivity index (χ0n) is 38.6. The van der Waals surface area contributed by atoms with Crippen LogP contribution in [0.2, 0.25) is 0 Å². The van der Waals surface area contributed by atoms with Crippen molar-refractivity contribution < 1.29 is 26.3 Å². The van der Waals surface area contributed by atoms with Gasteiger partial charge in [-0.15, -0.1) is 0 Å². The van der Waals surface area contributed by atoms with Crippen molar-refractivity contribution in [2.24, 2.45) is 20.0 Å². The van der Waals surface area contributed by atoms with Crippen LogP contribution in [-0.2, 0) is 39.1 Å². The minimum atomic E-state index is 0.194. The number of aliphatic imine (C=N–C) groups is 4. The molecule has 2 aromatic heterocycles. The summed E-state index contributed by atoms with van der Waals surface area (Å²) in [5.74, 6) is 0. The Morgan fingerprint density at radius 1 is 0.406 bits per heavy atom. The van der Waals surface area contributed by atoms with Gasteiger partial charge >= 0.3 is 66.7 Å². The normalized spacial score (nSPS) is 12.2. The van der Waals surface area contributed by atoms with Crippen molar-refractivity contribution in [2.45, 2.75) is 95.9 Å². The monoisotopic (exact) mass is 1020 g/mol. The second-order valence-corrected chi connectivity index (χ2v) is 19.6. The molecule has 0 N–H and O–H groups in total. The molecule has 0 spiro atoms. The maximum atomic E-state index is 4.97. The Morgan fingerprint density at radius 3 is 0.969 bits per heavy atom. The first-order valence-electron chi connectivity index (χ1n) is 20.7. The summed E-state index contributed by atoms with van der Waals surface area (Å²) in [4.78, 5) is 29.8. The Morgan fingerprint density at radius 2 is 0.688 bits per heavy atom. The van der Waals surface area contributed by atoms with Crippen molar-refractivity contribution in [2.75, 3.05) is 0 Å². The molecule has 0 amide bonds. The summed E-state index contributed by atoms with van der Waals surface area (Å²) < 4.78 is 0. The van der Waals surface area contributed by atoms with E-state index < -0.39 is 0 Å². The quantitative estimate of drug-likeness (QED) is 0.0958. The second kappa shape index (κ2) is 25.7. The summed E-state index contributed by atoms with van der Waals surface area (Å²) in [6.45, 7) is 25.1. The summed E-state index contributed by atoms with van der Waals surface area (Å²) in [6, 6.07) is 33.8. The third kappa shape index (κ3) is 15.3. The van der Waals surface area contributed by atoms with E-state index in [0.29, 0.717) is 0 Å². The molecular formula is C52H56Cl4Fe2N6. The zero-order valence-corrected chi connectivity index (χ0v) is 43.8. The molecule has 0 saturated heterocycles. The fourth-order valence-corrected chi connectivity index (χ4v) is 7.65. The number of hydrogen-bond acceptors (Lipinski definition) is 6. The van der Waals surface area contributed by atoms with E-state index in [1.165, 1.54) is 55.6 Å². The number of benzene rings is 4. The molecule has 6 aromatic rings. The van der Waals surface area contributed by atoms with Crippen molar-refractivity contribution in [3.63, 3.8) is 0 Å². The predicted octanol–water partition coefficient (Wildman–Crippen LogP) is 16.0. The number of nitrogens with zero attached hydrogens (tertiary/aromatic N) is 6. The van der Waals surface area contributed by atoms with Gasteiger partial charge in [-0.1, -0.05) is 59.7 Å². The molecule has 0 atom stereocenters. The van der Waals surface area contributed by atoms with Gasteiger partial charge in [0.2, 0.25) is 0 Å². The van der Waals surface area contributed by atoms with Gasteiger partial charge in [0.25, 0.3) is 0 Å². The molecule has 0 aliphatic heterocycles. The van der Waals surface area contributed by atoms with Crippen LogP contribution in [0.5, 0.6) is 0 Å². The van der Waals surface area contributed by atoms with Crippen LogP contribution in [0.1, 0.15) is 106 Å². The van der Waals surface area contributed by atoms with E-state index in [0.717, 1.165) is 81.2 Å². The molecule has 0 saturated carbocycles. The number of aromatic nitrogens is 2. The topological polar surface area (TPSA) is 75.2 Å². The third-order valence-electron chi connectivity index (χ3n) is 10.7. The van der Waals surface area contributed by atoms with E-state index in [1.54, 1.807) is 0 Å². The van der Waals surface area contributed by atoms with Gasteiger partial charge in [0.1, 0.15) is 0 Å². The molecule has 0 bridgehead atoms. The minimum absolute atomic E-state index is 0.194. The average molecular weight is 1020 g/mol. The fraction of sp³-hybridized carbons (Fsp3) is 0.269. The van der Waals surface area contributed by atoms with Gasteiger partial charge in [-0.05, 0) is 189 Å². The first kappa shape index (κ1) is 52.7. The summed E-state index contributed by atoms with van der Waals surface area (Å²) in [6.07, 6.45) is 1.89. The van der Waals surface area contributed by atoms with Crippen LogP contribution in [0.4, 0.5) is 22.7 Å². The third-order valence-corrected chi connectivity index (χ3v) is 10.7. The van der Waals surface area contributed by atoms with Crippen molar-refractivity contribution in [3.05, 3.63) is 175 Å². The number of hydrogen-bond donors (Lipinski definition) is 0. The van der Waals surface area contributed by atoms with Crippen LogP contribution in [0.25, 0.3) is 0 Å². The fourth-order valence-electron chi connectivity index (χ4n) is 7.65. The Kier molecular flexibility index (Phi) is 21.1. The molecule has 64 heavy (non-hydrogen) atoms. The van der Waals surface area contributed by atoms with Crippen LogP contribution in [0.3, 0.4) is 0 Å². The van der Waals surface area contributed by atoms with Gasteiger partial charge in [0, 0.05) is 0 Å². The van der Waals surface area contributed by atoms with Crippen LogP contribution in [0.15, 0.2) is 117 Å². The van der Waals surface area contributed by atoms with E-state index in [9.17, 15) is 0 Å². The molecule has 2 heterocycles. The molecule has 0 unspecified atom stereocenters. The van der Waals surface area contributed by atoms with Gasteiger partial charge in [0.15, 0.2) is 0 Å². The van der Waals surface area contributed by atoms with Gasteiger partial charge in [-0.25, -0.2) is 9.97 Å². The van der Waals surface area contributed by atoms with E-state index >= 15 is 0 Å². The zero-order chi connectivity index (χ0) is 47.1. The number of halogens is 4. The molecular weight excluding hydrogens is 962 g/mol. The molecule has 6 rings (SSSR count). The Balaban J connectivity index is 0.00000142. The molecule has 0 aliphatic rings. The Hall–Kier alpha value is -3.94. The van der Waals surface area contributed by atoms with Gasteiger partial charge in [0.05, 0.1) is 68.4 Å². The number of aryl methyl sites for hydroxylation is 10. The van der Waals surface area contributed by atoms with Gasteiger partial charge < -0.3 is 0 Å². The average Bonchev–Trinajstić information content (AvgIpc) is 3.24. The molecule has 338 valence electrons. The standard InChI is InChI=1S/C52H56N6.4ClH.2Fe/c1-31-25-35(5)51(36(6)26-31)55-41(11)49-17-13-15-47(57-49)39(9)53-45-23-21-43(33(3)29-45)19-20-44-22-24-46(30-34(44)4)54-40(10)48-16-14-18-50(58-48)42(12)56-52-37(7)27-32(2)28-38(52)8;;;;;;/h13-18,21-30H,19-20H2,1-12H3;4*1H;;/q;;;;;2*+2/p-4. The summed E-state index contributed by atoms with van der Waals surface area (Å²) >= 11 is 0.389. The molecule has 0 radical (unpaired) electrons.